The minimum atomic E-state index is -3.58. The van der Waals surface area contributed by atoms with Crippen LogP contribution in [0.25, 0.3) is 0 Å². The Labute approximate surface area is 180 Å². The van der Waals surface area contributed by atoms with Crippen LogP contribution in [0.1, 0.15) is 24.8 Å². The molecule has 29 heavy (non-hydrogen) atoms. The fourth-order valence-corrected chi connectivity index (χ4v) is 4.97. The maximum absolute atomic E-state index is 12.9. The summed E-state index contributed by atoms with van der Waals surface area (Å²) >= 11 is 12.0. The van der Waals surface area contributed by atoms with E-state index in [0.29, 0.717) is 29.5 Å². The van der Waals surface area contributed by atoms with E-state index in [1.165, 1.54) is 10.4 Å². The molecule has 1 amide bonds. The zero-order valence-electron chi connectivity index (χ0n) is 16.0. The zero-order chi connectivity index (χ0) is 21.0. The first-order valence-electron chi connectivity index (χ1n) is 9.26. The first kappa shape index (κ1) is 21.9. The smallest absolute Gasteiger partial charge is 0.262 e. The average Bonchev–Trinajstić information content (AvgIpc) is 2.71. The topological polar surface area (TPSA) is 75.7 Å². The number of carbonyl (C=O) groups excluding carboxylic acids is 1. The van der Waals surface area contributed by atoms with E-state index in [9.17, 15) is 13.2 Å². The van der Waals surface area contributed by atoms with Crippen LogP contribution in [0, 0.1) is 6.92 Å². The van der Waals surface area contributed by atoms with Crippen molar-refractivity contribution in [3.05, 3.63) is 52.0 Å². The number of carbonyl (C=O) groups is 1. The SMILES string of the molecule is Cc1ccc(S(=O)(=O)N2CCCCC2)cc1NC(=O)COc1cccc(Cl)c1Cl. The fourth-order valence-electron chi connectivity index (χ4n) is 3.08. The number of nitrogens with one attached hydrogen (secondary N) is 1. The molecule has 0 unspecified atom stereocenters. The molecule has 1 aliphatic heterocycles. The molecule has 0 bridgehead atoms. The summed E-state index contributed by atoms with van der Waals surface area (Å²) in [6.07, 6.45) is 2.76. The number of hydrogen-bond acceptors (Lipinski definition) is 4. The minimum Gasteiger partial charge on any atom is -0.482 e. The number of amides is 1. The summed E-state index contributed by atoms with van der Waals surface area (Å²) in [6.45, 7) is 2.54. The molecule has 156 valence electrons. The predicted molar refractivity (Wildman–Crippen MR) is 114 cm³/mol. The van der Waals surface area contributed by atoms with Gasteiger partial charge in [-0.2, -0.15) is 4.31 Å². The molecule has 2 aromatic carbocycles. The number of halogens is 2. The standard InChI is InChI=1S/C20H22Cl2N2O4S/c1-14-8-9-15(29(26,27)24-10-3-2-4-11-24)12-17(14)23-19(25)13-28-18-7-5-6-16(21)20(18)22/h5-9,12H,2-4,10-11,13H2,1H3,(H,23,25). The van der Waals surface area contributed by atoms with E-state index in [0.717, 1.165) is 24.8 Å². The number of nitrogens with zero attached hydrogens (tertiary/aromatic N) is 1. The van der Waals surface area contributed by atoms with E-state index >= 15 is 0 Å². The van der Waals surface area contributed by atoms with Gasteiger partial charge in [-0.05, 0) is 49.6 Å². The molecule has 1 aliphatic rings. The van der Waals surface area contributed by atoms with Crippen LogP contribution < -0.4 is 10.1 Å². The van der Waals surface area contributed by atoms with Crippen LogP contribution in [0.5, 0.6) is 5.75 Å². The van der Waals surface area contributed by atoms with Crippen LogP contribution in [0.2, 0.25) is 10.0 Å². The summed E-state index contributed by atoms with van der Waals surface area (Å²) < 4.78 is 32.7. The van der Waals surface area contributed by atoms with E-state index in [4.69, 9.17) is 27.9 Å². The molecule has 1 saturated heterocycles. The highest BCUT2D eigenvalue weighted by atomic mass is 35.5. The highest BCUT2D eigenvalue weighted by Crippen LogP contribution is 2.31. The van der Waals surface area contributed by atoms with Crippen molar-refractivity contribution in [2.24, 2.45) is 0 Å². The molecule has 0 aliphatic carbocycles. The summed E-state index contributed by atoms with van der Waals surface area (Å²) in [7, 11) is -3.58. The van der Waals surface area contributed by atoms with Gasteiger partial charge in [-0.15, -0.1) is 0 Å². The Balaban J connectivity index is 1.71. The van der Waals surface area contributed by atoms with Crippen molar-refractivity contribution < 1.29 is 17.9 Å². The maximum Gasteiger partial charge on any atom is 0.262 e. The molecular weight excluding hydrogens is 435 g/mol. The number of hydrogen-bond donors (Lipinski definition) is 1. The zero-order valence-corrected chi connectivity index (χ0v) is 18.3. The highest BCUT2D eigenvalue weighted by Gasteiger charge is 2.26. The number of rotatable bonds is 6. The Morgan fingerprint density at radius 2 is 1.86 bits per heavy atom. The summed E-state index contributed by atoms with van der Waals surface area (Å²) in [4.78, 5) is 12.5. The van der Waals surface area contributed by atoms with Crippen molar-refractivity contribution in [1.82, 2.24) is 4.31 Å². The van der Waals surface area contributed by atoms with Crippen molar-refractivity contribution in [3.8, 4) is 5.75 Å². The lowest BCUT2D eigenvalue weighted by Crippen LogP contribution is -2.35. The summed E-state index contributed by atoms with van der Waals surface area (Å²) in [5.74, 6) is -0.135. The lowest BCUT2D eigenvalue weighted by molar-refractivity contribution is -0.118. The first-order valence-corrected chi connectivity index (χ1v) is 11.5. The van der Waals surface area contributed by atoms with E-state index in [2.05, 4.69) is 5.32 Å². The van der Waals surface area contributed by atoms with Crippen LogP contribution >= 0.6 is 23.2 Å². The van der Waals surface area contributed by atoms with Gasteiger partial charge in [-0.3, -0.25) is 4.79 Å². The van der Waals surface area contributed by atoms with Crippen LogP contribution in [-0.4, -0.2) is 38.3 Å². The third-order valence-corrected chi connectivity index (χ3v) is 7.41. The molecule has 1 N–H and O–H groups in total. The van der Waals surface area contributed by atoms with Crippen LogP contribution in [-0.2, 0) is 14.8 Å². The predicted octanol–water partition coefficient (Wildman–Crippen LogP) is 4.49. The van der Waals surface area contributed by atoms with Gasteiger partial charge in [0.15, 0.2) is 6.61 Å². The van der Waals surface area contributed by atoms with E-state index in [-0.39, 0.29) is 16.5 Å². The second-order valence-electron chi connectivity index (χ2n) is 6.83. The van der Waals surface area contributed by atoms with E-state index in [1.807, 2.05) is 0 Å². The average molecular weight is 457 g/mol. The molecule has 0 spiro atoms. The van der Waals surface area contributed by atoms with Crippen molar-refractivity contribution in [3.63, 3.8) is 0 Å². The van der Waals surface area contributed by atoms with Crippen LogP contribution in [0.15, 0.2) is 41.3 Å². The Bertz CT molecular complexity index is 1010. The number of piperidine rings is 1. The maximum atomic E-state index is 12.9. The Kier molecular flexibility index (Phi) is 7.05. The molecule has 0 radical (unpaired) electrons. The molecule has 2 aromatic rings. The number of ether oxygens (including phenoxy) is 1. The van der Waals surface area contributed by atoms with Gasteiger partial charge in [-0.1, -0.05) is 41.8 Å². The van der Waals surface area contributed by atoms with Crippen molar-refractivity contribution >= 4 is 44.8 Å². The van der Waals surface area contributed by atoms with Crippen LogP contribution in [0.3, 0.4) is 0 Å². The van der Waals surface area contributed by atoms with E-state index in [1.54, 1.807) is 37.3 Å². The lowest BCUT2D eigenvalue weighted by atomic mass is 10.2. The Morgan fingerprint density at radius 3 is 2.59 bits per heavy atom. The number of benzene rings is 2. The third-order valence-electron chi connectivity index (χ3n) is 4.71. The summed E-state index contributed by atoms with van der Waals surface area (Å²) in [5, 5.41) is 3.27. The second-order valence-corrected chi connectivity index (χ2v) is 9.55. The molecule has 1 heterocycles. The Hall–Kier alpha value is -1.80. The van der Waals surface area contributed by atoms with Gasteiger partial charge in [0, 0.05) is 18.8 Å². The van der Waals surface area contributed by atoms with Gasteiger partial charge in [0.2, 0.25) is 10.0 Å². The third kappa shape index (κ3) is 5.22. The summed E-state index contributed by atoms with van der Waals surface area (Å²) in [5.41, 5.74) is 1.17. The summed E-state index contributed by atoms with van der Waals surface area (Å²) in [6, 6.07) is 9.63. The lowest BCUT2D eigenvalue weighted by Gasteiger charge is -2.26. The van der Waals surface area contributed by atoms with Gasteiger partial charge >= 0.3 is 0 Å². The monoisotopic (exact) mass is 456 g/mol. The second kappa shape index (κ2) is 9.34. The molecule has 6 nitrogen and oxygen atoms in total. The Morgan fingerprint density at radius 1 is 1.14 bits per heavy atom. The van der Waals surface area contributed by atoms with Crippen molar-refractivity contribution in [2.75, 3.05) is 25.0 Å². The molecule has 0 atom stereocenters. The van der Waals surface area contributed by atoms with Gasteiger partial charge in [0.05, 0.1) is 9.92 Å². The van der Waals surface area contributed by atoms with Crippen LogP contribution in [0.4, 0.5) is 5.69 Å². The number of sulfonamides is 1. The number of anilines is 1. The van der Waals surface area contributed by atoms with Gasteiger partial charge in [0.1, 0.15) is 10.8 Å². The normalized spacial score (nSPS) is 15.1. The van der Waals surface area contributed by atoms with Crippen molar-refractivity contribution in [2.45, 2.75) is 31.1 Å². The molecule has 1 fully saturated rings. The molecule has 3 rings (SSSR count). The fraction of sp³-hybridized carbons (Fsp3) is 0.350. The minimum absolute atomic E-state index is 0.166. The molecule has 0 saturated carbocycles. The molecule has 9 heteroatoms. The van der Waals surface area contributed by atoms with E-state index < -0.39 is 15.9 Å². The number of aryl methyl sites for hydroxylation is 1. The van der Waals surface area contributed by atoms with Gasteiger partial charge < -0.3 is 10.1 Å². The first-order chi connectivity index (χ1) is 13.8. The van der Waals surface area contributed by atoms with Gasteiger partial charge in [-0.25, -0.2) is 8.42 Å². The largest absolute Gasteiger partial charge is 0.482 e. The highest BCUT2D eigenvalue weighted by molar-refractivity contribution is 7.89. The molecule has 0 aromatic heterocycles. The van der Waals surface area contributed by atoms with Gasteiger partial charge in [0.25, 0.3) is 5.91 Å². The van der Waals surface area contributed by atoms with Crippen molar-refractivity contribution in [1.29, 1.82) is 0 Å². The quantitative estimate of drug-likeness (QED) is 0.694. The molecular formula is C20H22Cl2N2O4S.